The van der Waals surface area contributed by atoms with E-state index in [2.05, 4.69) is 5.32 Å². The van der Waals surface area contributed by atoms with Gasteiger partial charge >= 0.3 is 0 Å². The van der Waals surface area contributed by atoms with E-state index in [1.807, 2.05) is 0 Å². The van der Waals surface area contributed by atoms with Crippen molar-refractivity contribution in [1.29, 1.82) is 0 Å². The quantitative estimate of drug-likeness (QED) is 0.633. The lowest BCUT2D eigenvalue weighted by Crippen LogP contribution is -2.41. The minimum atomic E-state index is -0.429. The van der Waals surface area contributed by atoms with Gasteiger partial charge in [0.2, 0.25) is 5.91 Å². The fraction of sp³-hybridized carbons (Fsp3) is 0.923. The summed E-state index contributed by atoms with van der Waals surface area (Å²) in [7, 11) is 1.62. The fourth-order valence-electron chi connectivity index (χ4n) is 2.41. The Balaban J connectivity index is 1.98. The van der Waals surface area contributed by atoms with Crippen molar-refractivity contribution in [2.24, 2.45) is 11.7 Å². The van der Waals surface area contributed by atoms with Gasteiger partial charge in [-0.3, -0.25) is 4.79 Å². The van der Waals surface area contributed by atoms with Crippen molar-refractivity contribution in [3.63, 3.8) is 0 Å². The highest BCUT2D eigenvalue weighted by Gasteiger charge is 2.15. The summed E-state index contributed by atoms with van der Waals surface area (Å²) in [6.45, 7) is 1.30. The van der Waals surface area contributed by atoms with Crippen molar-refractivity contribution in [1.82, 2.24) is 5.32 Å². The van der Waals surface area contributed by atoms with Gasteiger partial charge in [-0.05, 0) is 25.2 Å². The topological polar surface area (TPSA) is 64.3 Å². The predicted molar refractivity (Wildman–Crippen MR) is 68.7 cm³/mol. The molecule has 1 unspecified atom stereocenters. The summed E-state index contributed by atoms with van der Waals surface area (Å²) in [5, 5.41) is 2.90. The number of carbonyl (C=O) groups is 1. The molecule has 1 aliphatic rings. The molecule has 0 spiro atoms. The van der Waals surface area contributed by atoms with E-state index >= 15 is 0 Å². The van der Waals surface area contributed by atoms with Gasteiger partial charge in [-0.15, -0.1) is 0 Å². The van der Waals surface area contributed by atoms with Crippen LogP contribution in [-0.4, -0.2) is 32.2 Å². The van der Waals surface area contributed by atoms with Crippen LogP contribution in [0.3, 0.4) is 0 Å². The minimum Gasteiger partial charge on any atom is -0.385 e. The van der Waals surface area contributed by atoms with Crippen molar-refractivity contribution < 1.29 is 9.53 Å². The maximum Gasteiger partial charge on any atom is 0.237 e. The van der Waals surface area contributed by atoms with E-state index in [0.717, 1.165) is 18.9 Å². The van der Waals surface area contributed by atoms with Crippen LogP contribution in [0.2, 0.25) is 0 Å². The Morgan fingerprint density at radius 3 is 2.82 bits per heavy atom. The first-order chi connectivity index (χ1) is 8.24. The molecule has 1 fully saturated rings. The van der Waals surface area contributed by atoms with Crippen molar-refractivity contribution in [2.75, 3.05) is 20.3 Å². The number of carbonyl (C=O) groups excluding carboxylic acids is 1. The van der Waals surface area contributed by atoms with Crippen molar-refractivity contribution in [3.8, 4) is 0 Å². The number of nitrogens with two attached hydrogens (primary N) is 1. The van der Waals surface area contributed by atoms with E-state index < -0.39 is 6.04 Å². The molecule has 4 nitrogen and oxygen atoms in total. The lowest BCUT2D eigenvalue weighted by atomic mass is 10.0. The van der Waals surface area contributed by atoms with Crippen LogP contribution in [0.5, 0.6) is 0 Å². The second-order valence-electron chi connectivity index (χ2n) is 4.97. The van der Waals surface area contributed by atoms with Crippen LogP contribution in [0.1, 0.15) is 44.9 Å². The first kappa shape index (κ1) is 14.5. The van der Waals surface area contributed by atoms with Crippen LogP contribution in [0.15, 0.2) is 0 Å². The molecule has 4 heteroatoms. The average Bonchev–Trinajstić information content (AvgIpc) is 2.84. The zero-order valence-electron chi connectivity index (χ0n) is 10.9. The largest absolute Gasteiger partial charge is 0.385 e. The second kappa shape index (κ2) is 8.48. The molecule has 3 N–H and O–H groups in total. The van der Waals surface area contributed by atoms with Crippen LogP contribution in [0.25, 0.3) is 0 Å². The summed E-state index contributed by atoms with van der Waals surface area (Å²) < 4.78 is 4.90. The zero-order valence-corrected chi connectivity index (χ0v) is 10.9. The van der Waals surface area contributed by atoms with E-state index in [1.54, 1.807) is 7.11 Å². The van der Waals surface area contributed by atoms with Gasteiger partial charge in [0.25, 0.3) is 0 Å². The summed E-state index contributed by atoms with van der Waals surface area (Å²) in [5.74, 6) is 0.850. The van der Waals surface area contributed by atoms with E-state index in [4.69, 9.17) is 10.5 Å². The monoisotopic (exact) mass is 242 g/mol. The van der Waals surface area contributed by atoms with Crippen molar-refractivity contribution in [3.05, 3.63) is 0 Å². The number of ether oxygens (including phenoxy) is 1. The van der Waals surface area contributed by atoms with Gasteiger partial charge in [0, 0.05) is 20.3 Å². The van der Waals surface area contributed by atoms with Gasteiger partial charge in [0.15, 0.2) is 0 Å². The maximum absolute atomic E-state index is 11.6. The Labute approximate surface area is 104 Å². The van der Waals surface area contributed by atoms with Crippen LogP contribution in [-0.2, 0) is 9.53 Å². The lowest BCUT2D eigenvalue weighted by molar-refractivity contribution is -0.122. The molecule has 0 aromatic rings. The molecule has 0 aromatic carbocycles. The van der Waals surface area contributed by atoms with Crippen molar-refractivity contribution in [2.45, 2.75) is 51.0 Å². The molecule has 0 bridgehead atoms. The number of nitrogens with one attached hydrogen (secondary N) is 1. The first-order valence-corrected chi connectivity index (χ1v) is 6.76. The van der Waals surface area contributed by atoms with Gasteiger partial charge in [-0.25, -0.2) is 0 Å². The third-order valence-corrected chi connectivity index (χ3v) is 3.53. The molecular weight excluding hydrogens is 216 g/mol. The Bertz CT molecular complexity index is 215. The minimum absolute atomic E-state index is 0.0477. The molecule has 1 saturated carbocycles. The third-order valence-electron chi connectivity index (χ3n) is 3.53. The zero-order chi connectivity index (χ0) is 12.5. The molecule has 0 radical (unpaired) electrons. The third kappa shape index (κ3) is 6.03. The highest BCUT2D eigenvalue weighted by Crippen LogP contribution is 2.28. The van der Waals surface area contributed by atoms with E-state index in [0.29, 0.717) is 13.0 Å². The molecule has 1 atom stereocenters. The number of rotatable bonds is 8. The maximum atomic E-state index is 11.6. The predicted octanol–water partition coefficient (Wildman–Crippen LogP) is 1.44. The van der Waals surface area contributed by atoms with Crippen LogP contribution >= 0.6 is 0 Å². The summed E-state index contributed by atoms with van der Waals surface area (Å²) in [5.41, 5.74) is 5.72. The van der Waals surface area contributed by atoms with E-state index in [-0.39, 0.29) is 5.91 Å². The number of hydrogen-bond acceptors (Lipinski definition) is 3. The molecular formula is C13H26N2O2. The molecule has 1 amide bonds. The van der Waals surface area contributed by atoms with Gasteiger partial charge in [0.05, 0.1) is 6.04 Å². The van der Waals surface area contributed by atoms with Gasteiger partial charge in [-0.2, -0.15) is 0 Å². The molecule has 1 rings (SSSR count). The van der Waals surface area contributed by atoms with Gasteiger partial charge in [-0.1, -0.05) is 25.7 Å². The Morgan fingerprint density at radius 2 is 2.18 bits per heavy atom. The molecule has 0 aliphatic heterocycles. The summed E-state index contributed by atoms with van der Waals surface area (Å²) >= 11 is 0. The van der Waals surface area contributed by atoms with Crippen LogP contribution in [0, 0.1) is 5.92 Å². The van der Waals surface area contributed by atoms with E-state index in [9.17, 15) is 4.79 Å². The number of amides is 1. The number of methoxy groups -OCH3 is 1. The first-order valence-electron chi connectivity index (χ1n) is 6.76. The number of hydrogen-bond donors (Lipinski definition) is 2. The molecule has 0 aromatic heterocycles. The Hall–Kier alpha value is -0.610. The van der Waals surface area contributed by atoms with E-state index in [1.165, 1.54) is 32.1 Å². The standard InChI is InChI=1S/C13H26N2O2/c1-17-10-8-12(14)13(16)15-9-4-7-11-5-2-3-6-11/h11-12H,2-10,14H2,1H3,(H,15,16). The average molecular weight is 242 g/mol. The second-order valence-corrected chi connectivity index (χ2v) is 4.97. The molecule has 100 valence electrons. The Morgan fingerprint density at radius 1 is 1.47 bits per heavy atom. The smallest absolute Gasteiger partial charge is 0.237 e. The highest BCUT2D eigenvalue weighted by atomic mass is 16.5. The van der Waals surface area contributed by atoms with Crippen molar-refractivity contribution >= 4 is 5.91 Å². The van der Waals surface area contributed by atoms with Gasteiger partial charge < -0.3 is 15.8 Å². The molecule has 0 saturated heterocycles. The fourth-order valence-corrected chi connectivity index (χ4v) is 2.41. The molecule has 17 heavy (non-hydrogen) atoms. The molecule has 0 heterocycles. The highest BCUT2D eigenvalue weighted by molar-refractivity contribution is 5.81. The van der Waals surface area contributed by atoms with Crippen LogP contribution in [0.4, 0.5) is 0 Å². The summed E-state index contributed by atoms with van der Waals surface area (Å²) in [4.78, 5) is 11.6. The summed E-state index contributed by atoms with van der Waals surface area (Å²) in [6.07, 6.45) is 8.44. The SMILES string of the molecule is COCCC(N)C(=O)NCCCC1CCCC1. The summed E-state index contributed by atoms with van der Waals surface area (Å²) in [6, 6.07) is -0.429. The van der Waals surface area contributed by atoms with Gasteiger partial charge in [0.1, 0.15) is 0 Å². The normalized spacial score (nSPS) is 18.2. The lowest BCUT2D eigenvalue weighted by Gasteiger charge is -2.13. The van der Waals surface area contributed by atoms with Crippen LogP contribution < -0.4 is 11.1 Å². The Kier molecular flexibility index (Phi) is 7.21. The molecule has 1 aliphatic carbocycles.